The molecule has 0 heterocycles. The maximum absolute atomic E-state index is 9.43. The van der Waals surface area contributed by atoms with E-state index in [0.29, 0.717) is 25.2 Å². The van der Waals surface area contributed by atoms with Gasteiger partial charge in [-0.2, -0.15) is 0 Å². The van der Waals surface area contributed by atoms with Crippen molar-refractivity contribution in [2.45, 2.75) is 85.4 Å². The number of nitrogens with one attached hydrogen (secondary N) is 1. The summed E-state index contributed by atoms with van der Waals surface area (Å²) in [6.07, 6.45) is 5.25. The Morgan fingerprint density at radius 2 is 1.18 bits per heavy atom. The van der Waals surface area contributed by atoms with Crippen LogP contribution >= 0.6 is 97.2 Å². The van der Waals surface area contributed by atoms with Gasteiger partial charge in [-0.3, -0.25) is 0 Å². The molecule has 10 heteroatoms. The topological polar surface area (TPSA) is 58.3 Å². The van der Waals surface area contributed by atoms with Crippen LogP contribution in [0.4, 0.5) is 0 Å². The molecule has 0 saturated heterocycles. The third kappa shape index (κ3) is 24.2. The molecule has 4 N–H and O–H groups in total. The molecule has 0 aromatic heterocycles. The summed E-state index contributed by atoms with van der Waals surface area (Å²) in [5.74, 6) is 1.98. The molecule has 228 valence electrons. The van der Waals surface area contributed by atoms with Crippen LogP contribution in [0.3, 0.4) is 0 Å². The van der Waals surface area contributed by atoms with E-state index in [0.717, 1.165) is 11.8 Å². The molecule has 0 bridgehead atoms. The molecule has 2 aromatic carbocycles. The van der Waals surface area contributed by atoms with Gasteiger partial charge in [0.1, 0.15) is 0 Å². The van der Waals surface area contributed by atoms with E-state index in [1.54, 1.807) is 0 Å². The Morgan fingerprint density at radius 1 is 0.821 bits per heavy atom. The van der Waals surface area contributed by atoms with Gasteiger partial charge in [-0.15, -0.1) is 0 Å². The molecular weight excluding hydrogens is 1200 g/mol. The van der Waals surface area contributed by atoms with Crippen molar-refractivity contribution in [1.29, 1.82) is 0 Å². The number of rotatable bonds is 8. The normalized spacial score (nSPS) is 15.8. The number of benzene rings is 2. The molecule has 0 spiro atoms. The van der Waals surface area contributed by atoms with Crippen LogP contribution in [-0.4, -0.2) is 17.8 Å². The number of halogens is 6. The second-order valence-corrected chi connectivity index (χ2v) is 60.6. The summed E-state index contributed by atoms with van der Waals surface area (Å²) in [6, 6.07) is 21.9. The molecule has 2 aliphatic carbocycles. The molecule has 4 rings (SSSR count). The van der Waals surface area contributed by atoms with E-state index in [1.165, 1.54) is 36.8 Å². The Balaban J connectivity index is 0. The Kier molecular flexibility index (Phi) is 34.1. The number of hydrogen-bond acceptors (Lipinski definition) is 3. The van der Waals surface area contributed by atoms with Crippen molar-refractivity contribution in [3.8, 4) is 0 Å². The van der Waals surface area contributed by atoms with Crippen LogP contribution in [0.5, 0.6) is 0 Å². The van der Waals surface area contributed by atoms with Crippen molar-refractivity contribution in [1.82, 2.24) is 5.32 Å². The molecule has 3 atom stereocenters. The second-order valence-electron chi connectivity index (χ2n) is 8.95. The van der Waals surface area contributed by atoms with Crippen molar-refractivity contribution < 1.29 is 23.3 Å². The number of aliphatic hydroxyl groups is 1. The third-order valence-corrected chi connectivity index (χ3v) is 5.96. The van der Waals surface area contributed by atoms with Gasteiger partial charge in [-0.05, 0) is 54.6 Å². The van der Waals surface area contributed by atoms with E-state index in [9.17, 15) is 5.11 Å². The van der Waals surface area contributed by atoms with Gasteiger partial charge in [-0.25, -0.2) is 0 Å². The van der Waals surface area contributed by atoms with E-state index < -0.39 is 0 Å². The minimum absolute atomic E-state index is 0.195. The number of nitrogens with two attached hydrogens (primary N) is 1. The third-order valence-electron chi connectivity index (χ3n) is 5.96. The Hall–Kier alpha value is 3.28. The summed E-state index contributed by atoms with van der Waals surface area (Å²) in [6.45, 7) is 12.5. The van der Waals surface area contributed by atoms with Gasteiger partial charge < -0.3 is 16.2 Å². The summed E-state index contributed by atoms with van der Waals surface area (Å²) in [5.41, 5.74) is 8.64. The average Bonchev–Trinajstić information content (AvgIpc) is 3.87. The first-order valence-electron chi connectivity index (χ1n) is 13.6. The van der Waals surface area contributed by atoms with Gasteiger partial charge in [0.05, 0.1) is 6.61 Å². The zero-order chi connectivity index (χ0) is 30.2. The van der Waals surface area contributed by atoms with Gasteiger partial charge in [0.2, 0.25) is 0 Å². The number of hydrogen-bond donors (Lipinski definition) is 3. The Morgan fingerprint density at radius 3 is 1.49 bits per heavy atom. The quantitative estimate of drug-likeness (QED) is 0.234. The molecule has 0 radical (unpaired) electrons. The fraction of sp³-hybridized carbons (Fsp3) is 0.586. The summed E-state index contributed by atoms with van der Waals surface area (Å²) in [5, 5.41) is 13.1. The zero-order valence-electron chi connectivity index (χ0n) is 24.0. The van der Waals surface area contributed by atoms with Crippen LogP contribution in [0.1, 0.15) is 90.4 Å². The van der Waals surface area contributed by atoms with Crippen molar-refractivity contribution >= 4 is 97.2 Å². The monoisotopic (exact) mass is 1250 g/mol. The molecule has 2 fully saturated rings. The molecule has 2 saturated carbocycles. The second kappa shape index (κ2) is 30.0. The predicted molar refractivity (Wildman–Crippen MR) is 210 cm³/mol. The molecule has 3 nitrogen and oxygen atoms in total. The average molecular weight is 1250 g/mol. The summed E-state index contributed by atoms with van der Waals surface area (Å²) >= 11 is 12.7. The van der Waals surface area contributed by atoms with Gasteiger partial charge in [-0.1, -0.05) is 102 Å². The van der Waals surface area contributed by atoms with Crippen molar-refractivity contribution in [3.05, 3.63) is 71.8 Å². The molecule has 0 amide bonds. The Labute approximate surface area is 307 Å². The van der Waals surface area contributed by atoms with Gasteiger partial charge in [0, 0.05) is 18.1 Å². The van der Waals surface area contributed by atoms with Crippen LogP contribution in [-0.2, 0) is 4.92 Å². The van der Waals surface area contributed by atoms with E-state index in [-0.39, 0.29) is 23.6 Å². The molecule has 0 aliphatic heterocycles. The van der Waals surface area contributed by atoms with E-state index in [2.05, 4.69) is 171 Å². The fourth-order valence-electron chi connectivity index (χ4n) is 3.68. The van der Waals surface area contributed by atoms with Crippen molar-refractivity contribution in [2.75, 3.05) is 6.61 Å². The zero-order valence-corrected chi connectivity index (χ0v) is 38.4. The standard InChI is InChI=1S/C15H23NO.C10H13N.2C2H6.I3.3HI.V/c1-11(2)14(10-17)16-15(13-8-9-13)12-6-4-3-5-7-12;11-10(9-6-7-9)8-4-2-1-3-5-8;2*1-2;1-3-2;;;;/h3-7,11,13-17H,8-10H2,1-2H3;1-5,9-10H,6-7,11H2;2*1-2H3;;3*1H;/q;;;;-1;;;;+3/p-3/t14-,15?;;;;;;;;/m1......../s1. The Bertz CT molecular complexity index is 766. The van der Waals surface area contributed by atoms with Crippen molar-refractivity contribution in [2.24, 2.45) is 23.5 Å². The van der Waals surface area contributed by atoms with Gasteiger partial charge in [0.15, 0.2) is 0 Å². The van der Waals surface area contributed by atoms with E-state index >= 15 is 0 Å². The van der Waals surface area contributed by atoms with Crippen LogP contribution in [0, 0.1) is 17.8 Å². The van der Waals surface area contributed by atoms with Crippen LogP contribution < -0.4 is 24.3 Å². The van der Waals surface area contributed by atoms with Crippen molar-refractivity contribution in [3.63, 3.8) is 0 Å². The van der Waals surface area contributed by atoms with Crippen LogP contribution in [0.2, 0.25) is 0 Å². The first-order chi connectivity index (χ1) is 18.7. The minimum atomic E-state index is -0.278. The van der Waals surface area contributed by atoms with Crippen LogP contribution in [0.15, 0.2) is 60.7 Å². The van der Waals surface area contributed by atoms with Gasteiger partial charge >= 0.3 is 115 Å². The first kappa shape index (κ1) is 44.4. The summed E-state index contributed by atoms with van der Waals surface area (Å²) in [7, 11) is 0. The predicted octanol–water partition coefficient (Wildman–Crippen LogP) is 8.32. The van der Waals surface area contributed by atoms with Crippen LogP contribution in [0.25, 0.3) is 0 Å². The fourth-order valence-corrected chi connectivity index (χ4v) is 3.68. The summed E-state index contributed by atoms with van der Waals surface area (Å²) in [4.78, 5) is -0.278. The van der Waals surface area contributed by atoms with E-state index in [4.69, 9.17) is 5.73 Å². The maximum atomic E-state index is 9.43. The van der Waals surface area contributed by atoms with Gasteiger partial charge in [0.25, 0.3) is 0 Å². The summed E-state index contributed by atoms with van der Waals surface area (Å²) < 4.78 is 0. The SMILES string of the molecule is CC.CC.CC(C)[C@@H](CO)NC(c1ccccc1)C1CC1.I[I-]I.NC(c1ccccc1)C1CC1.[I][V]([I])[I]. The number of aliphatic hydroxyl groups excluding tert-OH is 1. The van der Waals surface area contributed by atoms with E-state index in [1.807, 2.05) is 33.8 Å². The molecular formula is C29H48I6N2OV-. The first-order valence-corrected chi connectivity index (χ1v) is 39.7. The molecule has 2 aromatic rings. The molecule has 39 heavy (non-hydrogen) atoms. The molecule has 2 unspecified atom stereocenters. The molecule has 2 aliphatic rings.